The minimum absolute atomic E-state index is 0.140. The SMILES string of the molecule is CCSc1cc(Br)cnc1-c1cn2cnc(SC(F)(F)F)cc2n1. The normalized spacial score (nSPS) is 12.0. The summed E-state index contributed by atoms with van der Waals surface area (Å²) in [5, 5.41) is -0.140. The third-order valence-electron chi connectivity index (χ3n) is 2.90. The van der Waals surface area contributed by atoms with Crippen LogP contribution in [0.3, 0.4) is 0 Å². The van der Waals surface area contributed by atoms with Crippen molar-refractivity contribution in [2.45, 2.75) is 22.4 Å². The maximum Gasteiger partial charge on any atom is 0.447 e. The van der Waals surface area contributed by atoms with Gasteiger partial charge in [0.25, 0.3) is 0 Å². The van der Waals surface area contributed by atoms with Gasteiger partial charge < -0.3 is 0 Å². The molecular formula is C14H10BrF3N4S2. The number of thioether (sulfide) groups is 2. The van der Waals surface area contributed by atoms with Gasteiger partial charge in [-0.05, 0) is 27.7 Å². The maximum absolute atomic E-state index is 12.5. The van der Waals surface area contributed by atoms with Crippen LogP contribution in [-0.4, -0.2) is 30.6 Å². The number of pyridine rings is 1. The van der Waals surface area contributed by atoms with Crippen LogP contribution in [0.5, 0.6) is 0 Å². The van der Waals surface area contributed by atoms with E-state index in [9.17, 15) is 13.2 Å². The predicted molar refractivity (Wildman–Crippen MR) is 92.2 cm³/mol. The summed E-state index contributed by atoms with van der Waals surface area (Å²) in [6.45, 7) is 2.03. The largest absolute Gasteiger partial charge is 0.447 e. The van der Waals surface area contributed by atoms with Gasteiger partial charge in [0.05, 0.1) is 0 Å². The highest BCUT2D eigenvalue weighted by Gasteiger charge is 2.30. The summed E-state index contributed by atoms with van der Waals surface area (Å²) in [5.41, 5.74) is -2.70. The Balaban J connectivity index is 2.02. The fraction of sp³-hybridized carbons (Fsp3) is 0.214. The summed E-state index contributed by atoms with van der Waals surface area (Å²) < 4.78 is 39.8. The van der Waals surface area contributed by atoms with Crippen molar-refractivity contribution in [2.24, 2.45) is 0 Å². The molecule has 126 valence electrons. The van der Waals surface area contributed by atoms with Crippen LogP contribution in [0.2, 0.25) is 0 Å². The lowest BCUT2D eigenvalue weighted by Gasteiger charge is -2.05. The standard InChI is InChI=1S/C14H10BrF3N4S2/c1-2-23-10-3-8(15)5-19-13(10)9-6-22-7-20-12(4-11(22)21-9)24-14(16,17)18/h3-7H,2H2,1H3. The van der Waals surface area contributed by atoms with Gasteiger partial charge in [-0.15, -0.1) is 11.8 Å². The van der Waals surface area contributed by atoms with E-state index in [0.29, 0.717) is 17.0 Å². The number of nitrogens with zero attached hydrogens (tertiary/aromatic N) is 4. The molecule has 0 radical (unpaired) electrons. The number of halogens is 4. The average molecular weight is 435 g/mol. The van der Waals surface area contributed by atoms with E-state index in [1.807, 2.05) is 13.0 Å². The molecule has 0 saturated carbocycles. The molecule has 0 atom stereocenters. The van der Waals surface area contributed by atoms with Crippen molar-refractivity contribution in [1.82, 2.24) is 19.4 Å². The van der Waals surface area contributed by atoms with Gasteiger partial charge in [-0.3, -0.25) is 9.38 Å². The smallest absolute Gasteiger partial charge is 0.290 e. The van der Waals surface area contributed by atoms with Crippen LogP contribution in [0, 0.1) is 0 Å². The zero-order valence-electron chi connectivity index (χ0n) is 12.2. The van der Waals surface area contributed by atoms with Gasteiger partial charge in [-0.2, -0.15) is 13.2 Å². The number of hydrogen-bond donors (Lipinski definition) is 0. The van der Waals surface area contributed by atoms with Crippen molar-refractivity contribution in [2.75, 3.05) is 5.75 Å². The molecule has 0 N–H and O–H groups in total. The van der Waals surface area contributed by atoms with Crippen LogP contribution in [-0.2, 0) is 0 Å². The van der Waals surface area contributed by atoms with Gasteiger partial charge in [0.2, 0.25) is 0 Å². The molecule has 0 spiro atoms. The molecule has 0 aliphatic carbocycles. The monoisotopic (exact) mass is 434 g/mol. The van der Waals surface area contributed by atoms with Crippen LogP contribution in [0.25, 0.3) is 17.0 Å². The molecule has 0 fully saturated rings. The van der Waals surface area contributed by atoms with Gasteiger partial charge in [0.15, 0.2) is 0 Å². The average Bonchev–Trinajstić information content (AvgIpc) is 2.89. The number of fused-ring (bicyclic) bond motifs is 1. The van der Waals surface area contributed by atoms with E-state index in [0.717, 1.165) is 15.1 Å². The van der Waals surface area contributed by atoms with Gasteiger partial charge in [0, 0.05) is 39.6 Å². The van der Waals surface area contributed by atoms with Crippen molar-refractivity contribution in [3.8, 4) is 11.4 Å². The Kier molecular flexibility index (Phi) is 5.07. The fourth-order valence-corrected chi connectivity index (χ4v) is 3.84. The fourth-order valence-electron chi connectivity index (χ4n) is 2.04. The number of aromatic nitrogens is 4. The van der Waals surface area contributed by atoms with Crippen molar-refractivity contribution >= 4 is 45.1 Å². The maximum atomic E-state index is 12.5. The predicted octanol–water partition coefficient (Wildman–Crippen LogP) is 5.28. The molecular weight excluding hydrogens is 425 g/mol. The van der Waals surface area contributed by atoms with E-state index >= 15 is 0 Å². The first kappa shape index (κ1) is 17.6. The van der Waals surface area contributed by atoms with Gasteiger partial charge in [0.1, 0.15) is 28.4 Å². The summed E-state index contributed by atoms with van der Waals surface area (Å²) in [6.07, 6.45) is 4.70. The van der Waals surface area contributed by atoms with Crippen LogP contribution >= 0.6 is 39.5 Å². The minimum Gasteiger partial charge on any atom is -0.290 e. The summed E-state index contributed by atoms with van der Waals surface area (Å²) in [4.78, 5) is 13.5. The first-order valence-electron chi connectivity index (χ1n) is 6.75. The first-order valence-corrected chi connectivity index (χ1v) is 9.34. The summed E-state index contributed by atoms with van der Waals surface area (Å²) >= 11 is 4.76. The molecule has 0 saturated heterocycles. The Hall–Kier alpha value is -1.26. The third-order valence-corrected chi connectivity index (χ3v) is 4.91. The molecule has 0 aliphatic heterocycles. The highest BCUT2D eigenvalue weighted by molar-refractivity contribution is 9.10. The molecule has 0 aliphatic rings. The van der Waals surface area contributed by atoms with Gasteiger partial charge >= 0.3 is 5.51 Å². The molecule has 0 bridgehead atoms. The second kappa shape index (κ2) is 6.93. The van der Waals surface area contributed by atoms with Crippen molar-refractivity contribution in [3.63, 3.8) is 0 Å². The van der Waals surface area contributed by atoms with E-state index in [1.54, 1.807) is 28.6 Å². The molecule has 3 heterocycles. The van der Waals surface area contributed by atoms with Gasteiger partial charge in [-0.25, -0.2) is 9.97 Å². The van der Waals surface area contributed by atoms with Crippen LogP contribution < -0.4 is 0 Å². The molecule has 3 aromatic heterocycles. The second-order valence-electron chi connectivity index (χ2n) is 4.60. The molecule has 3 rings (SSSR count). The third kappa shape index (κ3) is 4.04. The summed E-state index contributed by atoms with van der Waals surface area (Å²) in [7, 11) is 0. The van der Waals surface area contributed by atoms with Crippen LogP contribution in [0.4, 0.5) is 13.2 Å². The van der Waals surface area contributed by atoms with Crippen molar-refractivity contribution in [1.29, 1.82) is 0 Å². The number of hydrogen-bond acceptors (Lipinski definition) is 5. The Bertz CT molecular complexity index is 882. The molecule has 0 unspecified atom stereocenters. The van der Waals surface area contributed by atoms with E-state index < -0.39 is 5.51 Å². The Morgan fingerprint density at radius 1 is 1.25 bits per heavy atom. The van der Waals surface area contributed by atoms with E-state index in [4.69, 9.17) is 0 Å². The minimum atomic E-state index is -4.38. The van der Waals surface area contributed by atoms with Crippen LogP contribution in [0.1, 0.15) is 6.92 Å². The molecule has 3 aromatic rings. The molecule has 24 heavy (non-hydrogen) atoms. The van der Waals surface area contributed by atoms with E-state index in [1.165, 1.54) is 12.4 Å². The lowest BCUT2D eigenvalue weighted by atomic mass is 10.3. The van der Waals surface area contributed by atoms with Gasteiger partial charge in [-0.1, -0.05) is 6.92 Å². The van der Waals surface area contributed by atoms with E-state index in [2.05, 4.69) is 30.9 Å². The summed E-state index contributed by atoms with van der Waals surface area (Å²) in [5.74, 6) is 0.867. The molecule has 0 aromatic carbocycles. The zero-order valence-corrected chi connectivity index (χ0v) is 15.4. The number of rotatable bonds is 4. The lowest BCUT2D eigenvalue weighted by Crippen LogP contribution is -2.00. The van der Waals surface area contributed by atoms with Crippen LogP contribution in [0.15, 0.2) is 45.2 Å². The highest BCUT2D eigenvalue weighted by Crippen LogP contribution is 2.36. The topological polar surface area (TPSA) is 43.1 Å². The zero-order chi connectivity index (χ0) is 17.3. The molecule has 10 heteroatoms. The highest BCUT2D eigenvalue weighted by atomic mass is 79.9. The quantitative estimate of drug-likeness (QED) is 0.412. The van der Waals surface area contributed by atoms with Crippen molar-refractivity contribution in [3.05, 3.63) is 35.3 Å². The number of alkyl halides is 3. The summed E-state index contributed by atoms with van der Waals surface area (Å²) in [6, 6.07) is 3.26. The Labute approximate surface area is 152 Å². The van der Waals surface area contributed by atoms with E-state index in [-0.39, 0.29) is 16.8 Å². The second-order valence-corrected chi connectivity index (χ2v) is 7.91. The Morgan fingerprint density at radius 3 is 2.75 bits per heavy atom. The molecule has 4 nitrogen and oxygen atoms in total. The lowest BCUT2D eigenvalue weighted by molar-refractivity contribution is -0.0329. The molecule has 0 amide bonds. The number of imidazole rings is 1. The first-order chi connectivity index (χ1) is 11.4. The van der Waals surface area contributed by atoms with Crippen molar-refractivity contribution < 1.29 is 13.2 Å². The Morgan fingerprint density at radius 2 is 2.04 bits per heavy atom.